The molecule has 0 bridgehead atoms. The monoisotopic (exact) mass is 316 g/mol. The largest absolute Gasteiger partial charge is 0.369 e. The van der Waals surface area contributed by atoms with E-state index in [4.69, 9.17) is 11.5 Å². The van der Waals surface area contributed by atoms with Crippen molar-refractivity contribution >= 4 is 33.6 Å². The predicted octanol–water partition coefficient (Wildman–Crippen LogP) is 2.45. The molecule has 0 aromatic heterocycles. The third-order valence-corrected chi connectivity index (χ3v) is 4.37. The number of hydrogen-bond donors (Lipinski definition) is 2. The first kappa shape index (κ1) is 14.5. The molecule has 1 rings (SSSR count). The standard InChI is InChI=1S/C12H17BrN2OS/c1-2-10(14)12(17-7-11(15)16)8-4-3-5-9(13)6-8/h3-6,10,12H,2,7,14H2,1H3,(H2,15,16). The van der Waals surface area contributed by atoms with Crippen LogP contribution in [-0.4, -0.2) is 17.7 Å². The summed E-state index contributed by atoms with van der Waals surface area (Å²) in [6, 6.07) is 8.03. The first-order chi connectivity index (χ1) is 8.04. The number of rotatable bonds is 6. The highest BCUT2D eigenvalue weighted by Crippen LogP contribution is 2.33. The van der Waals surface area contributed by atoms with Crippen molar-refractivity contribution in [2.24, 2.45) is 11.5 Å². The van der Waals surface area contributed by atoms with Gasteiger partial charge in [0, 0.05) is 15.8 Å². The average molecular weight is 317 g/mol. The van der Waals surface area contributed by atoms with Crippen molar-refractivity contribution in [3.63, 3.8) is 0 Å². The summed E-state index contributed by atoms with van der Waals surface area (Å²) >= 11 is 4.94. The molecule has 94 valence electrons. The number of nitrogens with two attached hydrogens (primary N) is 2. The fourth-order valence-electron chi connectivity index (χ4n) is 1.54. The van der Waals surface area contributed by atoms with Gasteiger partial charge >= 0.3 is 0 Å². The van der Waals surface area contributed by atoms with Gasteiger partial charge in [-0.05, 0) is 24.1 Å². The van der Waals surface area contributed by atoms with Gasteiger partial charge in [-0.3, -0.25) is 4.79 Å². The van der Waals surface area contributed by atoms with E-state index in [2.05, 4.69) is 15.9 Å². The minimum Gasteiger partial charge on any atom is -0.369 e. The fourth-order valence-corrected chi connectivity index (χ4v) is 3.08. The molecule has 0 aliphatic rings. The lowest BCUT2D eigenvalue weighted by Gasteiger charge is -2.22. The summed E-state index contributed by atoms with van der Waals surface area (Å²) in [6.07, 6.45) is 0.864. The number of primary amides is 1. The van der Waals surface area contributed by atoms with Gasteiger partial charge < -0.3 is 11.5 Å². The molecule has 4 N–H and O–H groups in total. The highest BCUT2D eigenvalue weighted by Gasteiger charge is 2.19. The number of thioether (sulfide) groups is 1. The van der Waals surface area contributed by atoms with Crippen LogP contribution in [0.25, 0.3) is 0 Å². The second-order valence-corrected chi connectivity index (χ2v) is 5.87. The molecule has 0 radical (unpaired) electrons. The van der Waals surface area contributed by atoms with Crippen LogP contribution in [0.4, 0.5) is 0 Å². The molecule has 2 unspecified atom stereocenters. The Balaban J connectivity index is 2.85. The molecule has 17 heavy (non-hydrogen) atoms. The summed E-state index contributed by atoms with van der Waals surface area (Å²) in [5, 5.41) is 0.102. The lowest BCUT2D eigenvalue weighted by molar-refractivity contribution is -0.115. The van der Waals surface area contributed by atoms with Crippen molar-refractivity contribution in [1.82, 2.24) is 0 Å². The Morgan fingerprint density at radius 1 is 1.53 bits per heavy atom. The molecule has 5 heteroatoms. The number of halogens is 1. The Morgan fingerprint density at radius 2 is 2.24 bits per heavy atom. The Bertz CT molecular complexity index is 387. The summed E-state index contributed by atoms with van der Waals surface area (Å²) in [5.74, 6) is -0.0106. The molecule has 0 aliphatic carbocycles. The van der Waals surface area contributed by atoms with Crippen LogP contribution in [0, 0.1) is 0 Å². The Hall–Kier alpha value is -0.520. The molecule has 3 nitrogen and oxygen atoms in total. The second-order valence-electron chi connectivity index (χ2n) is 3.83. The van der Waals surface area contributed by atoms with Gasteiger partial charge in [-0.2, -0.15) is 0 Å². The molecule has 0 spiro atoms. The van der Waals surface area contributed by atoms with E-state index in [-0.39, 0.29) is 17.2 Å². The SMILES string of the molecule is CCC(N)C(SCC(N)=O)c1cccc(Br)c1. The molecular weight excluding hydrogens is 300 g/mol. The van der Waals surface area contributed by atoms with E-state index in [1.54, 1.807) is 0 Å². The summed E-state index contributed by atoms with van der Waals surface area (Å²) < 4.78 is 1.02. The zero-order valence-electron chi connectivity index (χ0n) is 9.73. The van der Waals surface area contributed by atoms with Crippen molar-refractivity contribution in [3.05, 3.63) is 34.3 Å². The van der Waals surface area contributed by atoms with Crippen LogP contribution < -0.4 is 11.5 Å². The first-order valence-electron chi connectivity index (χ1n) is 5.45. The van der Waals surface area contributed by atoms with Crippen molar-refractivity contribution in [3.8, 4) is 0 Å². The van der Waals surface area contributed by atoms with Gasteiger partial charge in [0.15, 0.2) is 0 Å². The van der Waals surface area contributed by atoms with E-state index < -0.39 is 0 Å². The summed E-state index contributed by atoms with van der Waals surface area (Å²) in [7, 11) is 0. The van der Waals surface area contributed by atoms with Gasteiger partial charge in [0.1, 0.15) is 0 Å². The van der Waals surface area contributed by atoms with Crippen molar-refractivity contribution in [2.75, 3.05) is 5.75 Å². The van der Waals surface area contributed by atoms with E-state index in [0.717, 1.165) is 16.5 Å². The quantitative estimate of drug-likeness (QED) is 0.847. The van der Waals surface area contributed by atoms with Crippen LogP contribution in [0.15, 0.2) is 28.7 Å². The van der Waals surface area contributed by atoms with Gasteiger partial charge in [-0.1, -0.05) is 35.0 Å². The number of amides is 1. The van der Waals surface area contributed by atoms with E-state index >= 15 is 0 Å². The van der Waals surface area contributed by atoms with E-state index in [1.165, 1.54) is 11.8 Å². The minimum atomic E-state index is -0.307. The lowest BCUT2D eigenvalue weighted by Crippen LogP contribution is -2.27. The fraction of sp³-hybridized carbons (Fsp3) is 0.417. The highest BCUT2D eigenvalue weighted by molar-refractivity contribution is 9.10. The number of benzene rings is 1. The number of carbonyl (C=O) groups is 1. The van der Waals surface area contributed by atoms with Crippen LogP contribution >= 0.6 is 27.7 Å². The predicted molar refractivity (Wildman–Crippen MR) is 76.8 cm³/mol. The summed E-state index contributed by atoms with van der Waals surface area (Å²) in [6.45, 7) is 2.04. The molecule has 0 heterocycles. The first-order valence-corrected chi connectivity index (χ1v) is 7.29. The molecule has 1 aromatic carbocycles. The zero-order chi connectivity index (χ0) is 12.8. The molecule has 0 aliphatic heterocycles. The van der Waals surface area contributed by atoms with Crippen molar-refractivity contribution in [1.29, 1.82) is 0 Å². The second kappa shape index (κ2) is 7.03. The van der Waals surface area contributed by atoms with E-state index in [0.29, 0.717) is 5.75 Å². The van der Waals surface area contributed by atoms with Crippen LogP contribution in [0.2, 0.25) is 0 Å². The van der Waals surface area contributed by atoms with Crippen LogP contribution in [0.1, 0.15) is 24.2 Å². The molecule has 0 saturated heterocycles. The lowest BCUT2D eigenvalue weighted by atomic mass is 10.0. The van der Waals surface area contributed by atoms with Crippen molar-refractivity contribution in [2.45, 2.75) is 24.6 Å². The number of hydrogen-bond acceptors (Lipinski definition) is 3. The van der Waals surface area contributed by atoms with Crippen LogP contribution in [-0.2, 0) is 4.79 Å². The highest BCUT2D eigenvalue weighted by atomic mass is 79.9. The zero-order valence-corrected chi connectivity index (χ0v) is 12.1. The van der Waals surface area contributed by atoms with E-state index in [1.807, 2.05) is 31.2 Å². The smallest absolute Gasteiger partial charge is 0.227 e. The van der Waals surface area contributed by atoms with E-state index in [9.17, 15) is 4.79 Å². The van der Waals surface area contributed by atoms with Crippen molar-refractivity contribution < 1.29 is 4.79 Å². The van der Waals surface area contributed by atoms with Gasteiger partial charge in [0.2, 0.25) is 5.91 Å². The van der Waals surface area contributed by atoms with Crippen LogP contribution in [0.5, 0.6) is 0 Å². The molecule has 0 fully saturated rings. The minimum absolute atomic E-state index is 0.0219. The number of carbonyl (C=O) groups excluding carboxylic acids is 1. The Kier molecular flexibility index (Phi) is 6.02. The average Bonchev–Trinajstić information content (AvgIpc) is 2.28. The molecular formula is C12H17BrN2OS. The van der Waals surface area contributed by atoms with Gasteiger partial charge in [0.05, 0.1) is 5.75 Å². The molecule has 2 atom stereocenters. The van der Waals surface area contributed by atoms with Gasteiger partial charge in [0.25, 0.3) is 0 Å². The molecule has 1 aromatic rings. The Morgan fingerprint density at radius 3 is 2.76 bits per heavy atom. The summed E-state index contributed by atoms with van der Waals surface area (Å²) in [5.41, 5.74) is 12.4. The van der Waals surface area contributed by atoms with Gasteiger partial charge in [-0.15, -0.1) is 11.8 Å². The molecule has 0 saturated carbocycles. The normalized spacial score (nSPS) is 14.3. The Labute approximate surface area is 114 Å². The topological polar surface area (TPSA) is 69.1 Å². The maximum absolute atomic E-state index is 10.9. The third-order valence-electron chi connectivity index (χ3n) is 2.44. The maximum Gasteiger partial charge on any atom is 0.227 e. The molecule has 1 amide bonds. The maximum atomic E-state index is 10.9. The summed E-state index contributed by atoms with van der Waals surface area (Å²) in [4.78, 5) is 10.9. The third kappa shape index (κ3) is 4.69. The van der Waals surface area contributed by atoms with Crippen LogP contribution in [0.3, 0.4) is 0 Å². The van der Waals surface area contributed by atoms with Gasteiger partial charge in [-0.25, -0.2) is 0 Å².